The van der Waals surface area contributed by atoms with Gasteiger partial charge in [0, 0.05) is 0 Å². The topological polar surface area (TPSA) is 55.4 Å². The highest BCUT2D eigenvalue weighted by atomic mass is 32.2. The van der Waals surface area contributed by atoms with Crippen LogP contribution < -0.4 is 10.1 Å². The third-order valence-corrected chi connectivity index (χ3v) is 4.92. The Hall–Kier alpha value is -2.27. The zero-order valence-corrected chi connectivity index (χ0v) is 14.1. The monoisotopic (exact) mass is 341 g/mol. The largest absolute Gasteiger partial charge is 0.489 e. The molecule has 0 spiro atoms. The number of hydrogen-bond acceptors (Lipinski definition) is 4. The molecule has 5 heteroatoms. The average Bonchev–Trinajstić information content (AvgIpc) is 2.93. The SMILES string of the molecule is O=C1NC(=O)C(CCCc2ccc(OCc3ccccc3)cc2)S1. The number of benzene rings is 2. The first-order valence-electron chi connectivity index (χ1n) is 7.98. The van der Waals surface area contributed by atoms with E-state index < -0.39 is 0 Å². The summed E-state index contributed by atoms with van der Waals surface area (Å²) in [6, 6.07) is 18.1. The highest BCUT2D eigenvalue weighted by molar-refractivity contribution is 8.15. The van der Waals surface area contributed by atoms with E-state index in [1.165, 1.54) is 5.56 Å². The molecule has 0 aliphatic carbocycles. The van der Waals surface area contributed by atoms with Crippen LogP contribution in [0.2, 0.25) is 0 Å². The summed E-state index contributed by atoms with van der Waals surface area (Å²) < 4.78 is 5.76. The van der Waals surface area contributed by atoms with E-state index in [4.69, 9.17) is 4.74 Å². The van der Waals surface area contributed by atoms with Gasteiger partial charge in [0.15, 0.2) is 0 Å². The van der Waals surface area contributed by atoms with Crippen LogP contribution in [0.3, 0.4) is 0 Å². The zero-order valence-electron chi connectivity index (χ0n) is 13.2. The molecule has 3 rings (SSSR count). The van der Waals surface area contributed by atoms with Crippen LogP contribution in [0.1, 0.15) is 24.0 Å². The maximum absolute atomic E-state index is 11.5. The summed E-state index contributed by atoms with van der Waals surface area (Å²) in [4.78, 5) is 22.6. The van der Waals surface area contributed by atoms with Gasteiger partial charge >= 0.3 is 0 Å². The summed E-state index contributed by atoms with van der Waals surface area (Å²) in [6.07, 6.45) is 2.48. The second-order valence-electron chi connectivity index (χ2n) is 5.69. The van der Waals surface area contributed by atoms with Crippen LogP contribution in [0.15, 0.2) is 54.6 Å². The van der Waals surface area contributed by atoms with Gasteiger partial charge in [0.25, 0.3) is 5.24 Å². The van der Waals surface area contributed by atoms with E-state index >= 15 is 0 Å². The Morgan fingerprint density at radius 3 is 2.38 bits per heavy atom. The first-order chi connectivity index (χ1) is 11.7. The average molecular weight is 341 g/mol. The van der Waals surface area contributed by atoms with Gasteiger partial charge in [0.2, 0.25) is 5.91 Å². The maximum Gasteiger partial charge on any atom is 0.286 e. The van der Waals surface area contributed by atoms with Crippen LogP contribution in [-0.2, 0) is 17.8 Å². The van der Waals surface area contributed by atoms with Gasteiger partial charge in [-0.2, -0.15) is 0 Å². The molecule has 0 saturated carbocycles. The third-order valence-electron chi connectivity index (χ3n) is 3.87. The molecule has 2 aromatic rings. The summed E-state index contributed by atoms with van der Waals surface area (Å²) >= 11 is 1.10. The van der Waals surface area contributed by atoms with Gasteiger partial charge in [-0.1, -0.05) is 54.2 Å². The fraction of sp³-hybridized carbons (Fsp3) is 0.263. The van der Waals surface area contributed by atoms with Gasteiger partial charge < -0.3 is 4.74 Å². The second kappa shape index (κ2) is 8.02. The summed E-state index contributed by atoms with van der Waals surface area (Å²) in [6.45, 7) is 0.558. The molecule has 1 unspecified atom stereocenters. The molecule has 1 saturated heterocycles. The predicted molar refractivity (Wildman–Crippen MR) is 95.1 cm³/mol. The molecule has 1 aliphatic rings. The van der Waals surface area contributed by atoms with Crippen molar-refractivity contribution in [1.82, 2.24) is 5.32 Å². The number of hydrogen-bond donors (Lipinski definition) is 1. The number of imide groups is 1. The summed E-state index contributed by atoms with van der Waals surface area (Å²) in [7, 11) is 0. The van der Waals surface area contributed by atoms with Crippen molar-refractivity contribution in [2.45, 2.75) is 31.1 Å². The zero-order chi connectivity index (χ0) is 16.8. The minimum atomic E-state index is -0.232. The van der Waals surface area contributed by atoms with Crippen molar-refractivity contribution < 1.29 is 14.3 Å². The minimum Gasteiger partial charge on any atom is -0.489 e. The fourth-order valence-electron chi connectivity index (χ4n) is 2.57. The molecule has 1 N–H and O–H groups in total. The Labute approximate surface area is 145 Å². The molecule has 4 nitrogen and oxygen atoms in total. The van der Waals surface area contributed by atoms with Crippen molar-refractivity contribution in [2.75, 3.05) is 0 Å². The number of aryl methyl sites for hydroxylation is 1. The van der Waals surface area contributed by atoms with E-state index in [9.17, 15) is 9.59 Å². The lowest BCUT2D eigenvalue weighted by molar-refractivity contribution is -0.119. The molecule has 124 valence electrons. The molecular formula is C19H19NO3S. The number of carbonyl (C=O) groups excluding carboxylic acids is 2. The van der Waals surface area contributed by atoms with Gasteiger partial charge in [-0.15, -0.1) is 0 Å². The molecule has 2 aromatic carbocycles. The molecule has 24 heavy (non-hydrogen) atoms. The highest BCUT2D eigenvalue weighted by Crippen LogP contribution is 2.24. The Kier molecular flexibility index (Phi) is 5.54. The maximum atomic E-state index is 11.5. The summed E-state index contributed by atoms with van der Waals surface area (Å²) in [5, 5.41) is 1.86. The standard InChI is InChI=1S/C19H19NO3S/c21-18-17(24-19(22)20-18)8-4-7-14-9-11-16(12-10-14)23-13-15-5-2-1-3-6-15/h1-3,5-6,9-12,17H,4,7-8,13H2,(H,20,21,22). The number of amides is 2. The number of nitrogens with one attached hydrogen (secondary N) is 1. The van der Waals surface area contributed by atoms with E-state index in [0.29, 0.717) is 13.0 Å². The number of thioether (sulfide) groups is 1. The fourth-order valence-corrected chi connectivity index (χ4v) is 3.44. The Morgan fingerprint density at radius 2 is 1.71 bits per heavy atom. The van der Waals surface area contributed by atoms with E-state index in [1.54, 1.807) is 0 Å². The number of carbonyl (C=O) groups is 2. The van der Waals surface area contributed by atoms with Gasteiger partial charge in [-0.05, 0) is 42.5 Å². The lowest BCUT2D eigenvalue weighted by atomic mass is 10.1. The van der Waals surface area contributed by atoms with Crippen molar-refractivity contribution in [3.63, 3.8) is 0 Å². The van der Waals surface area contributed by atoms with Gasteiger partial charge in [0.05, 0.1) is 5.25 Å². The van der Waals surface area contributed by atoms with Gasteiger partial charge in [0.1, 0.15) is 12.4 Å². The van der Waals surface area contributed by atoms with Crippen LogP contribution in [0.25, 0.3) is 0 Å². The molecule has 0 aromatic heterocycles. The van der Waals surface area contributed by atoms with Crippen molar-refractivity contribution in [1.29, 1.82) is 0 Å². The van der Waals surface area contributed by atoms with Gasteiger partial charge in [-0.3, -0.25) is 14.9 Å². The number of rotatable bonds is 7. The first kappa shape index (κ1) is 16.6. The van der Waals surface area contributed by atoms with Crippen LogP contribution in [0.4, 0.5) is 4.79 Å². The van der Waals surface area contributed by atoms with Crippen molar-refractivity contribution >= 4 is 22.9 Å². The van der Waals surface area contributed by atoms with Crippen molar-refractivity contribution in [3.05, 3.63) is 65.7 Å². The lowest BCUT2D eigenvalue weighted by Gasteiger charge is -2.08. The van der Waals surface area contributed by atoms with Crippen LogP contribution >= 0.6 is 11.8 Å². The van der Waals surface area contributed by atoms with E-state index in [0.717, 1.165) is 35.9 Å². The van der Waals surface area contributed by atoms with Crippen LogP contribution in [0.5, 0.6) is 5.75 Å². The molecule has 1 heterocycles. The Morgan fingerprint density at radius 1 is 0.958 bits per heavy atom. The smallest absolute Gasteiger partial charge is 0.286 e. The quantitative estimate of drug-likeness (QED) is 0.829. The molecular weight excluding hydrogens is 322 g/mol. The third kappa shape index (κ3) is 4.61. The predicted octanol–water partition coefficient (Wildman–Crippen LogP) is 3.94. The van der Waals surface area contributed by atoms with Crippen molar-refractivity contribution in [3.8, 4) is 5.75 Å². The van der Waals surface area contributed by atoms with E-state index in [1.807, 2.05) is 54.6 Å². The Balaban J connectivity index is 1.43. The highest BCUT2D eigenvalue weighted by Gasteiger charge is 2.30. The lowest BCUT2D eigenvalue weighted by Crippen LogP contribution is -2.24. The van der Waals surface area contributed by atoms with Crippen molar-refractivity contribution in [2.24, 2.45) is 0 Å². The first-order valence-corrected chi connectivity index (χ1v) is 8.86. The summed E-state index contributed by atoms with van der Waals surface area (Å²) in [5.41, 5.74) is 2.35. The minimum absolute atomic E-state index is 0.158. The molecule has 1 aliphatic heterocycles. The van der Waals surface area contributed by atoms with Crippen LogP contribution in [-0.4, -0.2) is 16.4 Å². The second-order valence-corrected chi connectivity index (χ2v) is 6.87. The normalized spacial score (nSPS) is 16.9. The van der Waals surface area contributed by atoms with E-state index in [2.05, 4.69) is 5.32 Å². The Bertz CT molecular complexity index is 700. The molecule has 2 amide bonds. The number of ether oxygens (including phenoxy) is 1. The summed E-state index contributed by atoms with van der Waals surface area (Å²) in [5.74, 6) is 0.689. The van der Waals surface area contributed by atoms with Crippen LogP contribution in [0, 0.1) is 0 Å². The molecule has 0 radical (unpaired) electrons. The molecule has 0 bridgehead atoms. The van der Waals surface area contributed by atoms with Gasteiger partial charge in [-0.25, -0.2) is 0 Å². The van der Waals surface area contributed by atoms with E-state index in [-0.39, 0.29) is 16.4 Å². The molecule has 1 fully saturated rings. The molecule has 1 atom stereocenters.